The van der Waals surface area contributed by atoms with Crippen LogP contribution < -0.4 is 4.74 Å². The molecule has 0 amide bonds. The minimum Gasteiger partial charge on any atom is -0.487 e. The summed E-state index contributed by atoms with van der Waals surface area (Å²) in [4.78, 5) is 11.4. The van der Waals surface area contributed by atoms with Gasteiger partial charge in [-0.25, -0.2) is 0 Å². The first-order chi connectivity index (χ1) is 11.4. The fraction of sp³-hybridized carbons (Fsp3) is 0.650. The second kappa shape index (κ2) is 5.22. The van der Waals surface area contributed by atoms with E-state index in [4.69, 9.17) is 14.2 Å². The molecule has 2 heterocycles. The van der Waals surface area contributed by atoms with E-state index in [0.29, 0.717) is 25.0 Å². The summed E-state index contributed by atoms with van der Waals surface area (Å²) in [5, 5.41) is 0. The minimum atomic E-state index is -0.238. The van der Waals surface area contributed by atoms with Gasteiger partial charge in [0, 0.05) is 23.8 Å². The molecule has 24 heavy (non-hydrogen) atoms. The molecule has 0 radical (unpaired) electrons. The van der Waals surface area contributed by atoms with Crippen molar-refractivity contribution in [2.45, 2.75) is 45.8 Å². The van der Waals surface area contributed by atoms with Crippen LogP contribution in [0.5, 0.6) is 5.75 Å². The van der Waals surface area contributed by atoms with Crippen molar-refractivity contribution in [2.24, 2.45) is 23.2 Å². The fourth-order valence-corrected chi connectivity index (χ4v) is 5.49. The van der Waals surface area contributed by atoms with Crippen LogP contribution >= 0.6 is 0 Å². The maximum atomic E-state index is 11.4. The summed E-state index contributed by atoms with van der Waals surface area (Å²) >= 11 is 0. The molecule has 4 rings (SSSR count). The number of para-hydroxylation sites is 1. The molecular weight excluding hydrogens is 304 g/mol. The number of hydrogen-bond donors (Lipinski definition) is 0. The number of ether oxygens (including phenoxy) is 3. The Balaban J connectivity index is 1.76. The van der Waals surface area contributed by atoms with E-state index in [-0.39, 0.29) is 29.0 Å². The SMILES string of the molecule is CC(=O)OC[C@@]12CO[C@@H]3c4ccccc4O[C@](C)(C[C@H]1C)[C@H]3[C@H]2C. The van der Waals surface area contributed by atoms with Crippen molar-refractivity contribution in [3.63, 3.8) is 0 Å². The van der Waals surface area contributed by atoms with Crippen molar-refractivity contribution in [1.29, 1.82) is 0 Å². The molecule has 2 aliphatic heterocycles. The number of carbonyl (C=O) groups excluding carboxylic acids is 1. The average Bonchev–Trinajstić information content (AvgIpc) is 2.52. The van der Waals surface area contributed by atoms with Crippen molar-refractivity contribution in [3.05, 3.63) is 29.8 Å². The van der Waals surface area contributed by atoms with Gasteiger partial charge in [-0.15, -0.1) is 0 Å². The Morgan fingerprint density at radius 3 is 2.83 bits per heavy atom. The van der Waals surface area contributed by atoms with E-state index in [9.17, 15) is 4.79 Å². The highest BCUT2D eigenvalue weighted by molar-refractivity contribution is 5.65. The van der Waals surface area contributed by atoms with Crippen LogP contribution in [-0.2, 0) is 14.3 Å². The van der Waals surface area contributed by atoms with E-state index in [0.717, 1.165) is 17.7 Å². The van der Waals surface area contributed by atoms with Gasteiger partial charge < -0.3 is 14.2 Å². The molecule has 130 valence electrons. The third kappa shape index (κ3) is 2.05. The standard InChI is InChI=1S/C20H26O4/c1-12-9-19(4)17-13(2)20(12,10-22-14(3)21)11-23-18(17)15-7-5-6-8-16(15)24-19/h5-8,12-13,17-18H,9-11H2,1-4H3/t12-,13-,17+,18-,19-,20-/m1/s1. The van der Waals surface area contributed by atoms with Crippen LogP contribution in [-0.4, -0.2) is 24.8 Å². The van der Waals surface area contributed by atoms with E-state index in [2.05, 4.69) is 26.8 Å². The summed E-state index contributed by atoms with van der Waals surface area (Å²) in [5.41, 5.74) is 0.794. The van der Waals surface area contributed by atoms with Gasteiger partial charge in [0.1, 0.15) is 11.4 Å². The van der Waals surface area contributed by atoms with Crippen molar-refractivity contribution in [1.82, 2.24) is 0 Å². The van der Waals surface area contributed by atoms with E-state index in [1.807, 2.05) is 18.2 Å². The van der Waals surface area contributed by atoms with Crippen molar-refractivity contribution in [2.75, 3.05) is 13.2 Å². The maximum absolute atomic E-state index is 11.4. The van der Waals surface area contributed by atoms with Crippen LogP contribution in [0.25, 0.3) is 0 Å². The summed E-state index contributed by atoms with van der Waals surface area (Å²) in [6.45, 7) is 9.30. The Hall–Kier alpha value is -1.55. The topological polar surface area (TPSA) is 44.8 Å². The van der Waals surface area contributed by atoms with Crippen LogP contribution in [0.15, 0.2) is 24.3 Å². The highest BCUT2D eigenvalue weighted by Crippen LogP contribution is 2.63. The van der Waals surface area contributed by atoms with Gasteiger partial charge >= 0.3 is 5.97 Å². The maximum Gasteiger partial charge on any atom is 0.302 e. The van der Waals surface area contributed by atoms with E-state index in [1.54, 1.807) is 0 Å². The third-order valence-corrected chi connectivity index (χ3v) is 6.81. The first-order valence-corrected chi connectivity index (χ1v) is 8.90. The molecule has 3 aliphatic rings. The van der Waals surface area contributed by atoms with E-state index >= 15 is 0 Å². The van der Waals surface area contributed by atoms with Gasteiger partial charge in [-0.1, -0.05) is 32.0 Å². The first kappa shape index (κ1) is 15.9. The summed E-state index contributed by atoms with van der Waals surface area (Å²) in [5.74, 6) is 1.73. The number of fused-ring (bicyclic) bond motifs is 3. The fourth-order valence-electron chi connectivity index (χ4n) is 5.49. The van der Waals surface area contributed by atoms with Crippen molar-refractivity contribution in [3.8, 4) is 5.75 Å². The Morgan fingerprint density at radius 2 is 2.08 bits per heavy atom. The van der Waals surface area contributed by atoms with Gasteiger partial charge in [0.05, 0.1) is 19.3 Å². The lowest BCUT2D eigenvalue weighted by Crippen LogP contribution is -2.66. The molecule has 1 saturated heterocycles. The predicted molar refractivity (Wildman–Crippen MR) is 89.7 cm³/mol. The largest absolute Gasteiger partial charge is 0.487 e. The van der Waals surface area contributed by atoms with Crippen LogP contribution in [0, 0.1) is 23.2 Å². The Kier molecular flexibility index (Phi) is 3.47. The van der Waals surface area contributed by atoms with Gasteiger partial charge in [0.2, 0.25) is 0 Å². The van der Waals surface area contributed by atoms with Gasteiger partial charge in [0.25, 0.3) is 0 Å². The quantitative estimate of drug-likeness (QED) is 0.775. The number of rotatable bonds is 2. The summed E-state index contributed by atoms with van der Waals surface area (Å²) in [7, 11) is 0. The molecule has 1 aromatic rings. The molecule has 0 spiro atoms. The lowest BCUT2D eigenvalue weighted by atomic mass is 9.50. The summed E-state index contributed by atoms with van der Waals surface area (Å²) < 4.78 is 18.4. The lowest BCUT2D eigenvalue weighted by Gasteiger charge is -2.63. The molecule has 2 fully saturated rings. The minimum absolute atomic E-state index is 0.0629. The highest BCUT2D eigenvalue weighted by atomic mass is 16.5. The summed E-state index contributed by atoms with van der Waals surface area (Å²) in [6.07, 6.45) is 1.02. The van der Waals surface area contributed by atoms with E-state index < -0.39 is 0 Å². The number of esters is 1. The predicted octanol–water partition coefficient (Wildman–Crippen LogP) is 3.75. The lowest BCUT2D eigenvalue weighted by molar-refractivity contribution is -0.261. The molecule has 6 atom stereocenters. The van der Waals surface area contributed by atoms with Gasteiger partial charge in [-0.05, 0) is 31.2 Å². The van der Waals surface area contributed by atoms with E-state index in [1.165, 1.54) is 6.92 Å². The van der Waals surface area contributed by atoms with Crippen LogP contribution in [0.1, 0.15) is 45.8 Å². The Morgan fingerprint density at radius 1 is 1.33 bits per heavy atom. The normalized spacial score (nSPS) is 42.7. The molecule has 0 aromatic heterocycles. The molecule has 1 saturated carbocycles. The third-order valence-electron chi connectivity index (χ3n) is 6.81. The van der Waals surface area contributed by atoms with Gasteiger partial charge in [-0.3, -0.25) is 4.79 Å². The van der Waals surface area contributed by atoms with Crippen LogP contribution in [0.3, 0.4) is 0 Å². The zero-order chi connectivity index (χ0) is 17.1. The smallest absolute Gasteiger partial charge is 0.302 e. The van der Waals surface area contributed by atoms with Gasteiger partial charge in [0.15, 0.2) is 0 Å². The molecule has 1 aromatic carbocycles. The highest BCUT2D eigenvalue weighted by Gasteiger charge is 2.64. The van der Waals surface area contributed by atoms with Crippen LogP contribution in [0.2, 0.25) is 0 Å². The second-order valence-electron chi connectivity index (χ2n) is 8.12. The van der Waals surface area contributed by atoms with Crippen molar-refractivity contribution >= 4 is 5.97 Å². The molecule has 4 heteroatoms. The molecular formula is C20H26O4. The Labute approximate surface area is 143 Å². The second-order valence-corrected chi connectivity index (χ2v) is 8.12. The number of hydrogen-bond acceptors (Lipinski definition) is 4. The molecule has 0 N–H and O–H groups in total. The van der Waals surface area contributed by atoms with Crippen molar-refractivity contribution < 1.29 is 19.0 Å². The zero-order valence-electron chi connectivity index (χ0n) is 14.9. The number of benzene rings is 1. The van der Waals surface area contributed by atoms with Gasteiger partial charge in [-0.2, -0.15) is 0 Å². The molecule has 2 bridgehead atoms. The first-order valence-electron chi connectivity index (χ1n) is 8.90. The molecule has 4 nitrogen and oxygen atoms in total. The average molecular weight is 330 g/mol. The molecule has 0 unspecified atom stereocenters. The Bertz CT molecular complexity index is 671. The molecule has 1 aliphatic carbocycles. The monoisotopic (exact) mass is 330 g/mol. The zero-order valence-corrected chi connectivity index (χ0v) is 14.9. The number of carbonyl (C=O) groups is 1. The van der Waals surface area contributed by atoms with Crippen LogP contribution in [0.4, 0.5) is 0 Å². The summed E-state index contributed by atoms with van der Waals surface area (Å²) in [6, 6.07) is 8.23.